The van der Waals surface area contributed by atoms with Gasteiger partial charge in [0.2, 0.25) is 11.7 Å². The Labute approximate surface area is 182 Å². The molecule has 1 fully saturated rings. The quantitative estimate of drug-likeness (QED) is 0.488. The standard InChI is InChI=1S/C24H29NO6/c1-6-31-23(27)24(22(26)25-14-16-9-7-15(2)8-10-16)13-18(24)17-11-19(28-3)21(30-5)20(12-17)29-4/h7-12,18H,6,13-14H2,1-5H3,(H,25,26)/t18-,24-/m0/s1. The molecule has 2 aromatic rings. The van der Waals surface area contributed by atoms with Crippen molar-refractivity contribution >= 4 is 11.9 Å². The number of nitrogens with one attached hydrogen (secondary N) is 1. The average molecular weight is 427 g/mol. The molecule has 1 N–H and O–H groups in total. The number of carbonyl (C=O) groups excluding carboxylic acids is 2. The van der Waals surface area contributed by atoms with Crippen molar-refractivity contribution in [2.75, 3.05) is 27.9 Å². The first kappa shape index (κ1) is 22.5. The monoisotopic (exact) mass is 427 g/mol. The third kappa shape index (κ3) is 4.31. The summed E-state index contributed by atoms with van der Waals surface area (Å²) in [6.45, 7) is 4.27. The lowest BCUT2D eigenvalue weighted by atomic mass is 9.97. The number of methoxy groups -OCH3 is 3. The summed E-state index contributed by atoms with van der Waals surface area (Å²) in [5.41, 5.74) is 1.59. The summed E-state index contributed by atoms with van der Waals surface area (Å²) >= 11 is 0. The Morgan fingerprint density at radius 2 is 1.65 bits per heavy atom. The van der Waals surface area contributed by atoms with Gasteiger partial charge >= 0.3 is 5.97 Å². The predicted molar refractivity (Wildman–Crippen MR) is 116 cm³/mol. The van der Waals surface area contributed by atoms with Crippen LogP contribution in [0.4, 0.5) is 0 Å². The predicted octanol–water partition coefficient (Wildman–Crippen LogP) is 3.37. The van der Waals surface area contributed by atoms with Crippen LogP contribution in [0.5, 0.6) is 17.2 Å². The Morgan fingerprint density at radius 3 is 2.16 bits per heavy atom. The number of amides is 1. The third-order valence-electron chi connectivity index (χ3n) is 5.67. The lowest BCUT2D eigenvalue weighted by molar-refractivity contribution is -0.154. The van der Waals surface area contributed by atoms with Crippen molar-refractivity contribution in [2.45, 2.75) is 32.7 Å². The molecule has 0 unspecified atom stereocenters. The molecule has 0 bridgehead atoms. The summed E-state index contributed by atoms with van der Waals surface area (Å²) in [5.74, 6) is 0.196. The molecule has 0 aromatic heterocycles. The Balaban J connectivity index is 1.88. The van der Waals surface area contributed by atoms with Gasteiger partial charge in [0.25, 0.3) is 0 Å². The summed E-state index contributed by atoms with van der Waals surface area (Å²) in [6.07, 6.45) is 0.351. The molecular formula is C24H29NO6. The number of esters is 1. The van der Waals surface area contributed by atoms with Gasteiger partial charge in [-0.25, -0.2) is 0 Å². The van der Waals surface area contributed by atoms with Gasteiger partial charge in [-0.05, 0) is 43.5 Å². The zero-order chi connectivity index (χ0) is 22.6. The fourth-order valence-corrected chi connectivity index (χ4v) is 3.84. The number of aryl methyl sites for hydroxylation is 1. The van der Waals surface area contributed by atoms with Gasteiger partial charge in [0, 0.05) is 12.5 Å². The van der Waals surface area contributed by atoms with E-state index in [-0.39, 0.29) is 18.4 Å². The topological polar surface area (TPSA) is 83.1 Å². The summed E-state index contributed by atoms with van der Waals surface area (Å²) in [5, 5.41) is 2.91. The lowest BCUT2D eigenvalue weighted by Gasteiger charge is -2.18. The fourth-order valence-electron chi connectivity index (χ4n) is 3.84. The maximum absolute atomic E-state index is 13.2. The molecule has 0 aliphatic heterocycles. The van der Waals surface area contributed by atoms with Gasteiger partial charge in [0.1, 0.15) is 0 Å². The van der Waals surface area contributed by atoms with Crippen molar-refractivity contribution in [3.63, 3.8) is 0 Å². The molecule has 0 spiro atoms. The molecular weight excluding hydrogens is 398 g/mol. The van der Waals surface area contributed by atoms with Gasteiger partial charge in [-0.3, -0.25) is 9.59 Å². The Bertz CT molecular complexity index is 930. The van der Waals surface area contributed by atoms with Gasteiger partial charge < -0.3 is 24.3 Å². The van der Waals surface area contributed by atoms with Crippen LogP contribution in [-0.2, 0) is 20.9 Å². The van der Waals surface area contributed by atoms with Crippen molar-refractivity contribution in [2.24, 2.45) is 5.41 Å². The number of ether oxygens (including phenoxy) is 4. The van der Waals surface area contributed by atoms with E-state index in [2.05, 4.69) is 5.32 Å². The first-order valence-corrected chi connectivity index (χ1v) is 10.2. The minimum absolute atomic E-state index is 0.202. The van der Waals surface area contributed by atoms with Gasteiger partial charge in [0.05, 0.1) is 27.9 Å². The van der Waals surface area contributed by atoms with E-state index < -0.39 is 11.4 Å². The molecule has 2 atom stereocenters. The minimum Gasteiger partial charge on any atom is -0.493 e. The van der Waals surface area contributed by atoms with E-state index in [4.69, 9.17) is 18.9 Å². The van der Waals surface area contributed by atoms with Crippen LogP contribution in [0.25, 0.3) is 0 Å². The van der Waals surface area contributed by atoms with E-state index >= 15 is 0 Å². The van der Waals surface area contributed by atoms with Crippen LogP contribution in [0.15, 0.2) is 36.4 Å². The zero-order valence-corrected chi connectivity index (χ0v) is 18.6. The van der Waals surface area contributed by atoms with Crippen molar-refractivity contribution in [1.29, 1.82) is 0 Å². The molecule has 7 heteroatoms. The van der Waals surface area contributed by atoms with Gasteiger partial charge in [-0.2, -0.15) is 0 Å². The maximum Gasteiger partial charge on any atom is 0.322 e. The third-order valence-corrected chi connectivity index (χ3v) is 5.67. The molecule has 1 amide bonds. The molecule has 1 saturated carbocycles. The number of rotatable bonds is 9. The summed E-state index contributed by atoms with van der Waals surface area (Å²) in [4.78, 5) is 26.1. The summed E-state index contributed by atoms with van der Waals surface area (Å²) in [6, 6.07) is 11.4. The normalized spacial score (nSPS) is 19.3. The molecule has 1 aliphatic carbocycles. The van der Waals surface area contributed by atoms with Crippen molar-refractivity contribution in [3.8, 4) is 17.2 Å². The largest absolute Gasteiger partial charge is 0.493 e. The van der Waals surface area contributed by atoms with Crippen LogP contribution in [0, 0.1) is 12.3 Å². The summed E-state index contributed by atoms with van der Waals surface area (Å²) in [7, 11) is 4.58. The molecule has 166 valence electrons. The molecule has 0 saturated heterocycles. The highest BCUT2D eigenvalue weighted by molar-refractivity contribution is 6.07. The van der Waals surface area contributed by atoms with Gasteiger partial charge in [-0.15, -0.1) is 0 Å². The maximum atomic E-state index is 13.2. The van der Waals surface area contributed by atoms with Gasteiger partial charge in [0.15, 0.2) is 16.9 Å². The average Bonchev–Trinajstić information content (AvgIpc) is 3.54. The molecule has 1 aliphatic rings. The number of hydrogen-bond acceptors (Lipinski definition) is 6. The van der Waals surface area contributed by atoms with E-state index in [1.807, 2.05) is 31.2 Å². The molecule has 7 nitrogen and oxygen atoms in total. The minimum atomic E-state index is -1.27. The second kappa shape index (κ2) is 9.29. The molecule has 3 rings (SSSR count). The zero-order valence-electron chi connectivity index (χ0n) is 18.6. The number of hydrogen-bond donors (Lipinski definition) is 1. The summed E-state index contributed by atoms with van der Waals surface area (Å²) < 4.78 is 21.5. The van der Waals surface area contributed by atoms with E-state index in [0.29, 0.717) is 30.2 Å². The van der Waals surface area contributed by atoms with Crippen LogP contribution in [-0.4, -0.2) is 39.8 Å². The highest BCUT2D eigenvalue weighted by Crippen LogP contribution is 2.61. The van der Waals surface area contributed by atoms with Crippen molar-refractivity contribution in [3.05, 3.63) is 53.1 Å². The highest BCUT2D eigenvalue weighted by Gasteiger charge is 2.67. The van der Waals surface area contributed by atoms with E-state index in [1.54, 1.807) is 19.1 Å². The van der Waals surface area contributed by atoms with Crippen LogP contribution < -0.4 is 19.5 Å². The van der Waals surface area contributed by atoms with Crippen LogP contribution in [0.3, 0.4) is 0 Å². The molecule has 0 radical (unpaired) electrons. The molecule has 2 aromatic carbocycles. The van der Waals surface area contributed by atoms with Crippen molar-refractivity contribution < 1.29 is 28.5 Å². The SMILES string of the molecule is CCOC(=O)[C@@]1(C(=O)NCc2ccc(C)cc2)C[C@H]1c1cc(OC)c(OC)c(OC)c1. The lowest BCUT2D eigenvalue weighted by Crippen LogP contribution is -2.39. The van der Waals surface area contributed by atoms with E-state index in [9.17, 15) is 9.59 Å². The first-order chi connectivity index (χ1) is 14.9. The van der Waals surface area contributed by atoms with Crippen LogP contribution >= 0.6 is 0 Å². The Kier molecular flexibility index (Phi) is 6.73. The fraction of sp³-hybridized carbons (Fsp3) is 0.417. The Hall–Kier alpha value is -3.22. The Morgan fingerprint density at radius 1 is 1.03 bits per heavy atom. The van der Waals surface area contributed by atoms with E-state index in [0.717, 1.165) is 16.7 Å². The first-order valence-electron chi connectivity index (χ1n) is 10.2. The number of carbonyl (C=O) groups is 2. The van der Waals surface area contributed by atoms with Crippen LogP contribution in [0.1, 0.15) is 36.0 Å². The highest BCUT2D eigenvalue weighted by atomic mass is 16.5. The number of benzene rings is 2. The smallest absolute Gasteiger partial charge is 0.322 e. The molecule has 31 heavy (non-hydrogen) atoms. The molecule has 0 heterocycles. The second-order valence-electron chi connectivity index (χ2n) is 7.58. The van der Waals surface area contributed by atoms with Crippen molar-refractivity contribution in [1.82, 2.24) is 5.32 Å². The second-order valence-corrected chi connectivity index (χ2v) is 7.58. The van der Waals surface area contributed by atoms with Crippen LogP contribution in [0.2, 0.25) is 0 Å². The van der Waals surface area contributed by atoms with E-state index in [1.165, 1.54) is 21.3 Å². The van der Waals surface area contributed by atoms with Gasteiger partial charge in [-0.1, -0.05) is 29.8 Å².